The van der Waals surface area contributed by atoms with Crippen LogP contribution in [-0.4, -0.2) is 0 Å². The topological polar surface area (TPSA) is 13.1 Å². The molecule has 0 radical (unpaired) electrons. The van der Waals surface area contributed by atoms with Crippen molar-refractivity contribution in [3.63, 3.8) is 0 Å². The minimum Gasteiger partial charge on any atom is -0.455 e. The Morgan fingerprint density at radius 2 is 0.735 bits per heavy atom. The molecule has 0 unspecified atom stereocenters. The third kappa shape index (κ3) is 5.00. The van der Waals surface area contributed by atoms with E-state index >= 15 is 0 Å². The average molecular weight is 861 g/mol. The second-order valence-electron chi connectivity index (χ2n) is 18.6. The minimum absolute atomic E-state index is 0.590. The normalized spacial score (nSPS) is 13.1. The van der Waals surface area contributed by atoms with Gasteiger partial charge in [-0.15, -0.1) is 0 Å². The summed E-state index contributed by atoms with van der Waals surface area (Å²) >= 11 is 0. The van der Waals surface area contributed by atoms with Crippen LogP contribution in [0.5, 0.6) is 0 Å². The Kier molecular flexibility index (Phi) is 7.77. The first kappa shape index (κ1) is 37.4. The molecule has 0 amide bonds. The monoisotopic (exact) mass is 860 g/mol. The molecule has 13 aromatic carbocycles. The average Bonchev–Trinajstić information content (AvgIpc) is 3.95. The van der Waals surface area contributed by atoms with Crippen molar-refractivity contribution >= 4 is 86.6 Å². The Hall–Kier alpha value is -8.78. The van der Waals surface area contributed by atoms with Crippen LogP contribution in [0.3, 0.4) is 0 Å². The van der Waals surface area contributed by atoms with E-state index in [1.165, 1.54) is 115 Å². The third-order valence-corrected chi connectivity index (χ3v) is 15.3. The summed E-state index contributed by atoms with van der Waals surface area (Å²) in [6.45, 7) is 0. The molecule has 15 rings (SSSR count). The molecule has 1 aliphatic carbocycles. The molecular weight excluding hydrogens is 821 g/mol. The zero-order chi connectivity index (χ0) is 44.5. The number of fused-ring (bicyclic) bond motifs is 17. The maximum Gasteiger partial charge on any atom is 0.143 e. The molecule has 0 fully saturated rings. The van der Waals surface area contributed by atoms with Gasteiger partial charge in [-0.05, 0) is 139 Å². The third-order valence-electron chi connectivity index (χ3n) is 15.3. The fraction of sp³-hybridized carbons (Fsp3) is 0.0149. The van der Waals surface area contributed by atoms with Crippen LogP contribution in [0.2, 0.25) is 0 Å². The standard InChI is InChI=1S/C67H40O/c1-3-18-45(19-4-1)67(46-20-5-2-6-21-46)64-47-35-33-43(39-42(47)32-37-58(64)63-51-25-11-9-23-49(51)50-24-10-16-30-56(50)65(63)67)61-52-26-12-14-28-54(52)62(55-29-15-13-27-53(55)61)44-34-38-60-59(40-44)57-36-31-41-17-7-8-22-48(41)66(57)68-60/h1-40H. The van der Waals surface area contributed by atoms with Crippen molar-refractivity contribution in [2.24, 2.45) is 0 Å². The van der Waals surface area contributed by atoms with Gasteiger partial charge in [-0.1, -0.05) is 218 Å². The molecular formula is C67H40O. The summed E-state index contributed by atoms with van der Waals surface area (Å²) in [6.07, 6.45) is 0. The molecule has 0 aliphatic heterocycles. The van der Waals surface area contributed by atoms with Gasteiger partial charge in [0, 0.05) is 16.2 Å². The summed E-state index contributed by atoms with van der Waals surface area (Å²) in [4.78, 5) is 0. The predicted octanol–water partition coefficient (Wildman–Crippen LogP) is 18.2. The minimum atomic E-state index is -0.590. The zero-order valence-corrected chi connectivity index (χ0v) is 37.0. The van der Waals surface area contributed by atoms with Gasteiger partial charge in [0.25, 0.3) is 0 Å². The van der Waals surface area contributed by atoms with E-state index in [0.29, 0.717) is 0 Å². The van der Waals surface area contributed by atoms with Gasteiger partial charge in [-0.3, -0.25) is 0 Å². The van der Waals surface area contributed by atoms with E-state index in [9.17, 15) is 0 Å². The van der Waals surface area contributed by atoms with E-state index in [1.54, 1.807) is 0 Å². The highest BCUT2D eigenvalue weighted by atomic mass is 16.3. The van der Waals surface area contributed by atoms with Crippen molar-refractivity contribution in [2.75, 3.05) is 0 Å². The summed E-state index contributed by atoms with van der Waals surface area (Å²) < 4.78 is 6.59. The molecule has 0 atom stereocenters. The van der Waals surface area contributed by atoms with Crippen LogP contribution in [0.15, 0.2) is 247 Å². The maximum absolute atomic E-state index is 6.59. The predicted molar refractivity (Wildman–Crippen MR) is 287 cm³/mol. The second kappa shape index (κ2) is 14.1. The smallest absolute Gasteiger partial charge is 0.143 e. The van der Waals surface area contributed by atoms with Gasteiger partial charge in [0.05, 0.1) is 5.41 Å². The van der Waals surface area contributed by atoms with Gasteiger partial charge in [0.2, 0.25) is 0 Å². The van der Waals surface area contributed by atoms with Gasteiger partial charge in [0.1, 0.15) is 11.2 Å². The summed E-state index contributed by atoms with van der Waals surface area (Å²) in [5, 5.41) is 17.2. The van der Waals surface area contributed by atoms with Crippen LogP contribution < -0.4 is 0 Å². The first-order chi connectivity index (χ1) is 33.8. The molecule has 1 heteroatoms. The van der Waals surface area contributed by atoms with Crippen molar-refractivity contribution in [3.05, 3.63) is 265 Å². The van der Waals surface area contributed by atoms with Crippen LogP contribution in [0, 0.1) is 0 Å². The molecule has 314 valence electrons. The van der Waals surface area contributed by atoms with Crippen LogP contribution in [0.4, 0.5) is 0 Å². The highest BCUT2D eigenvalue weighted by Crippen LogP contribution is 2.62. The quantitative estimate of drug-likeness (QED) is 0.127. The highest BCUT2D eigenvalue weighted by Gasteiger charge is 2.49. The summed E-state index contributed by atoms with van der Waals surface area (Å²) in [5.41, 5.74) is 14.0. The fourth-order valence-electron chi connectivity index (χ4n) is 12.6. The van der Waals surface area contributed by atoms with Gasteiger partial charge < -0.3 is 4.42 Å². The first-order valence-corrected chi connectivity index (χ1v) is 23.7. The molecule has 1 aliphatic rings. The zero-order valence-electron chi connectivity index (χ0n) is 37.0. The van der Waals surface area contributed by atoms with Crippen molar-refractivity contribution in [3.8, 4) is 33.4 Å². The molecule has 1 aromatic heterocycles. The summed E-state index contributed by atoms with van der Waals surface area (Å²) in [5.74, 6) is 0. The number of hydrogen-bond acceptors (Lipinski definition) is 1. The van der Waals surface area contributed by atoms with Crippen molar-refractivity contribution in [1.82, 2.24) is 0 Å². The van der Waals surface area contributed by atoms with E-state index < -0.39 is 5.41 Å². The van der Waals surface area contributed by atoms with Gasteiger partial charge in [-0.25, -0.2) is 0 Å². The van der Waals surface area contributed by atoms with Gasteiger partial charge >= 0.3 is 0 Å². The molecule has 0 saturated heterocycles. The molecule has 0 saturated carbocycles. The van der Waals surface area contributed by atoms with Crippen molar-refractivity contribution in [1.29, 1.82) is 0 Å². The molecule has 0 N–H and O–H groups in total. The van der Waals surface area contributed by atoms with Crippen LogP contribution in [0.1, 0.15) is 22.3 Å². The summed E-state index contributed by atoms with van der Waals surface area (Å²) in [6, 6.07) is 90.3. The van der Waals surface area contributed by atoms with Crippen LogP contribution in [0.25, 0.3) is 120 Å². The molecule has 1 heterocycles. The Morgan fingerprint density at radius 3 is 1.37 bits per heavy atom. The number of rotatable bonds is 4. The van der Waals surface area contributed by atoms with E-state index in [0.717, 1.165) is 27.3 Å². The van der Waals surface area contributed by atoms with Crippen LogP contribution in [-0.2, 0) is 5.41 Å². The highest BCUT2D eigenvalue weighted by molar-refractivity contribution is 6.24. The number of furan rings is 1. The Balaban J connectivity index is 1.00. The van der Waals surface area contributed by atoms with Crippen LogP contribution >= 0.6 is 0 Å². The Bertz CT molecular complexity index is 4330. The summed E-state index contributed by atoms with van der Waals surface area (Å²) in [7, 11) is 0. The molecule has 1 nitrogen and oxygen atoms in total. The SMILES string of the molecule is c1ccc(C2(c3ccccc3)c3c(ccc4cc(-c5c6ccccc6c(-c6ccc7oc8c9ccccc9ccc8c7c6)c6ccccc56)ccc34)-c3c2c2ccccc2c2ccccc32)cc1. The molecule has 0 bridgehead atoms. The first-order valence-electron chi connectivity index (χ1n) is 23.7. The molecule has 0 spiro atoms. The largest absolute Gasteiger partial charge is 0.455 e. The van der Waals surface area contributed by atoms with Gasteiger partial charge in [0.15, 0.2) is 0 Å². The lowest BCUT2D eigenvalue weighted by atomic mass is 9.65. The second-order valence-corrected chi connectivity index (χ2v) is 18.6. The van der Waals surface area contributed by atoms with Crippen molar-refractivity contribution < 1.29 is 4.42 Å². The number of benzene rings is 13. The van der Waals surface area contributed by atoms with Gasteiger partial charge in [-0.2, -0.15) is 0 Å². The molecule has 68 heavy (non-hydrogen) atoms. The van der Waals surface area contributed by atoms with E-state index in [-0.39, 0.29) is 0 Å². The van der Waals surface area contributed by atoms with E-state index in [1.807, 2.05) is 0 Å². The Labute approximate surface area is 392 Å². The number of hydrogen-bond donors (Lipinski definition) is 0. The lowest BCUT2D eigenvalue weighted by Gasteiger charge is -2.35. The lowest BCUT2D eigenvalue weighted by Crippen LogP contribution is -2.29. The van der Waals surface area contributed by atoms with E-state index in [4.69, 9.17) is 4.42 Å². The van der Waals surface area contributed by atoms with Crippen molar-refractivity contribution in [2.45, 2.75) is 5.41 Å². The van der Waals surface area contributed by atoms with E-state index in [2.05, 4.69) is 243 Å². The molecule has 14 aromatic rings. The fourth-order valence-corrected chi connectivity index (χ4v) is 12.6. The lowest BCUT2D eigenvalue weighted by molar-refractivity contribution is 0.672. The maximum atomic E-state index is 6.59. The Morgan fingerprint density at radius 1 is 0.265 bits per heavy atom.